The van der Waals surface area contributed by atoms with Crippen LogP contribution in [0.2, 0.25) is 5.02 Å². The third-order valence-corrected chi connectivity index (χ3v) is 4.42. The molecule has 0 saturated carbocycles. The molecular formula is C16H13BrCl2N2. The third kappa shape index (κ3) is 2.59. The van der Waals surface area contributed by atoms with Crippen LogP contribution in [0.25, 0.3) is 16.7 Å². The minimum Gasteiger partial charge on any atom is -0.295 e. The maximum atomic E-state index is 6.15. The Hall–Kier alpha value is -1.03. The number of halogens is 3. The van der Waals surface area contributed by atoms with Crippen LogP contribution in [0.5, 0.6) is 0 Å². The highest BCUT2D eigenvalue weighted by molar-refractivity contribution is 9.10. The summed E-state index contributed by atoms with van der Waals surface area (Å²) in [5.74, 6) is 1.17. The van der Waals surface area contributed by atoms with Crippen LogP contribution in [0.15, 0.2) is 34.8 Å². The molecular weight excluding hydrogens is 371 g/mol. The third-order valence-electron chi connectivity index (χ3n) is 3.48. The first kappa shape index (κ1) is 14.9. The molecule has 2 nitrogen and oxygen atoms in total. The first-order chi connectivity index (χ1) is 10.0. The van der Waals surface area contributed by atoms with Crippen molar-refractivity contribution in [2.45, 2.75) is 19.7 Å². The monoisotopic (exact) mass is 382 g/mol. The van der Waals surface area contributed by atoms with Crippen LogP contribution in [-0.4, -0.2) is 9.55 Å². The number of fused-ring (bicyclic) bond motifs is 1. The van der Waals surface area contributed by atoms with Crippen molar-refractivity contribution in [3.63, 3.8) is 0 Å². The Morgan fingerprint density at radius 1 is 1.14 bits per heavy atom. The topological polar surface area (TPSA) is 17.8 Å². The average molecular weight is 384 g/mol. The fourth-order valence-corrected chi connectivity index (χ4v) is 3.73. The van der Waals surface area contributed by atoms with Gasteiger partial charge in [0.1, 0.15) is 5.82 Å². The Morgan fingerprint density at radius 2 is 1.81 bits per heavy atom. The van der Waals surface area contributed by atoms with Gasteiger partial charge in [-0.3, -0.25) is 4.57 Å². The Bertz CT molecular complexity index is 817. The molecule has 1 aromatic heterocycles. The van der Waals surface area contributed by atoms with Crippen LogP contribution < -0.4 is 0 Å². The lowest BCUT2D eigenvalue weighted by Gasteiger charge is -2.15. The summed E-state index contributed by atoms with van der Waals surface area (Å²) in [7, 11) is 0. The summed E-state index contributed by atoms with van der Waals surface area (Å²) in [6.07, 6.45) is 0. The van der Waals surface area contributed by atoms with Gasteiger partial charge in [-0.2, -0.15) is 0 Å². The van der Waals surface area contributed by atoms with E-state index in [-0.39, 0.29) is 0 Å². The molecule has 0 unspecified atom stereocenters. The largest absolute Gasteiger partial charge is 0.295 e. The quantitative estimate of drug-likeness (QED) is 0.511. The smallest absolute Gasteiger partial charge is 0.129 e. The summed E-state index contributed by atoms with van der Waals surface area (Å²) in [5, 5.41) is 0.692. The molecule has 0 saturated heterocycles. The molecule has 3 aromatic rings. The molecule has 0 N–H and O–H groups in total. The number of benzene rings is 2. The first-order valence-corrected chi connectivity index (χ1v) is 8.22. The maximum Gasteiger partial charge on any atom is 0.129 e. The molecule has 2 aromatic carbocycles. The summed E-state index contributed by atoms with van der Waals surface area (Å²) < 4.78 is 3.17. The number of alkyl halides is 1. The molecule has 0 aliphatic carbocycles. The molecule has 0 aliphatic rings. The highest BCUT2D eigenvalue weighted by atomic mass is 79.9. The van der Waals surface area contributed by atoms with Gasteiger partial charge in [-0.25, -0.2) is 4.98 Å². The molecule has 3 rings (SSSR count). The fourth-order valence-electron chi connectivity index (χ4n) is 2.69. The van der Waals surface area contributed by atoms with Gasteiger partial charge >= 0.3 is 0 Å². The number of hydrogen-bond donors (Lipinski definition) is 0. The lowest BCUT2D eigenvalue weighted by molar-refractivity contribution is 0.961. The van der Waals surface area contributed by atoms with Crippen molar-refractivity contribution in [2.24, 2.45) is 0 Å². The molecule has 5 heteroatoms. The predicted octanol–water partition coefficient (Wildman–Crippen LogP) is 5.80. The van der Waals surface area contributed by atoms with Crippen LogP contribution >= 0.6 is 39.1 Å². The van der Waals surface area contributed by atoms with Crippen molar-refractivity contribution in [3.8, 4) is 5.69 Å². The van der Waals surface area contributed by atoms with Gasteiger partial charge in [0.2, 0.25) is 0 Å². The standard InChI is InChI=1S/C16H13BrCl2N2/c1-9-5-11(17)6-10(2)16(9)21-14-7-12(19)3-4-13(14)20-15(21)8-18/h3-7H,8H2,1-2H3. The van der Waals surface area contributed by atoms with Gasteiger partial charge in [0.25, 0.3) is 0 Å². The lowest BCUT2D eigenvalue weighted by Crippen LogP contribution is -2.04. The van der Waals surface area contributed by atoms with Gasteiger partial charge in [-0.15, -0.1) is 11.6 Å². The number of imidazole rings is 1. The van der Waals surface area contributed by atoms with Crippen LogP contribution in [0.4, 0.5) is 0 Å². The Morgan fingerprint density at radius 3 is 2.43 bits per heavy atom. The molecule has 21 heavy (non-hydrogen) atoms. The molecule has 0 atom stereocenters. The van der Waals surface area contributed by atoms with Crippen molar-refractivity contribution < 1.29 is 0 Å². The normalized spacial score (nSPS) is 11.3. The number of rotatable bonds is 2. The summed E-state index contributed by atoms with van der Waals surface area (Å²) in [5.41, 5.74) is 5.31. The summed E-state index contributed by atoms with van der Waals surface area (Å²) in [6.45, 7) is 4.17. The van der Waals surface area contributed by atoms with Crippen molar-refractivity contribution in [1.29, 1.82) is 0 Å². The minimum atomic E-state index is 0.348. The Labute approximate surface area is 141 Å². The first-order valence-electron chi connectivity index (χ1n) is 6.51. The van der Waals surface area contributed by atoms with Crippen molar-refractivity contribution >= 4 is 50.2 Å². The van der Waals surface area contributed by atoms with E-state index in [2.05, 4.69) is 51.5 Å². The zero-order chi connectivity index (χ0) is 15.1. The SMILES string of the molecule is Cc1cc(Br)cc(C)c1-n1c(CCl)nc2ccc(Cl)cc21. The van der Waals surface area contributed by atoms with E-state index in [0.29, 0.717) is 10.9 Å². The minimum absolute atomic E-state index is 0.348. The second-order valence-corrected chi connectivity index (χ2v) is 6.64. The van der Waals surface area contributed by atoms with E-state index in [0.717, 1.165) is 38.1 Å². The van der Waals surface area contributed by atoms with Gasteiger partial charge in [-0.1, -0.05) is 27.5 Å². The Kier molecular flexibility index (Phi) is 4.00. The zero-order valence-electron chi connectivity index (χ0n) is 11.6. The number of aromatic nitrogens is 2. The van der Waals surface area contributed by atoms with E-state index in [1.165, 1.54) is 0 Å². The van der Waals surface area contributed by atoms with E-state index in [1.807, 2.05) is 18.2 Å². The molecule has 0 bridgehead atoms. The Balaban J connectivity index is 2.41. The molecule has 108 valence electrons. The van der Waals surface area contributed by atoms with E-state index in [4.69, 9.17) is 23.2 Å². The van der Waals surface area contributed by atoms with Gasteiger partial charge in [0.15, 0.2) is 0 Å². The summed E-state index contributed by atoms with van der Waals surface area (Å²) >= 11 is 15.8. The maximum absolute atomic E-state index is 6.15. The highest BCUT2D eigenvalue weighted by Gasteiger charge is 2.16. The molecule has 0 fully saturated rings. The molecule has 0 radical (unpaired) electrons. The van der Waals surface area contributed by atoms with Gasteiger partial charge in [-0.05, 0) is 55.3 Å². The second kappa shape index (κ2) is 5.64. The van der Waals surface area contributed by atoms with Crippen LogP contribution in [0.3, 0.4) is 0 Å². The van der Waals surface area contributed by atoms with E-state index < -0.39 is 0 Å². The lowest BCUT2D eigenvalue weighted by atomic mass is 10.1. The van der Waals surface area contributed by atoms with Crippen LogP contribution in [0.1, 0.15) is 17.0 Å². The van der Waals surface area contributed by atoms with Gasteiger partial charge in [0.05, 0.1) is 22.6 Å². The van der Waals surface area contributed by atoms with Crippen LogP contribution in [-0.2, 0) is 5.88 Å². The van der Waals surface area contributed by atoms with E-state index in [9.17, 15) is 0 Å². The zero-order valence-corrected chi connectivity index (χ0v) is 14.7. The number of hydrogen-bond acceptors (Lipinski definition) is 1. The molecule has 1 heterocycles. The fraction of sp³-hybridized carbons (Fsp3) is 0.188. The predicted molar refractivity (Wildman–Crippen MR) is 92.8 cm³/mol. The molecule has 0 spiro atoms. The van der Waals surface area contributed by atoms with Crippen molar-refractivity contribution in [1.82, 2.24) is 9.55 Å². The van der Waals surface area contributed by atoms with Gasteiger partial charge in [0, 0.05) is 9.50 Å². The molecule has 0 amide bonds. The van der Waals surface area contributed by atoms with Crippen molar-refractivity contribution in [2.75, 3.05) is 0 Å². The summed E-state index contributed by atoms with van der Waals surface area (Å²) in [6, 6.07) is 9.89. The number of nitrogens with zero attached hydrogens (tertiary/aromatic N) is 2. The van der Waals surface area contributed by atoms with Crippen LogP contribution in [0, 0.1) is 13.8 Å². The number of aryl methyl sites for hydroxylation is 2. The molecule has 0 aliphatic heterocycles. The van der Waals surface area contributed by atoms with E-state index in [1.54, 1.807) is 0 Å². The van der Waals surface area contributed by atoms with E-state index >= 15 is 0 Å². The second-order valence-electron chi connectivity index (χ2n) is 5.02. The van der Waals surface area contributed by atoms with Gasteiger partial charge < -0.3 is 0 Å². The highest BCUT2D eigenvalue weighted by Crippen LogP contribution is 2.30. The summed E-state index contributed by atoms with van der Waals surface area (Å²) in [4.78, 5) is 4.61. The average Bonchev–Trinajstić information content (AvgIpc) is 2.76. The van der Waals surface area contributed by atoms with Crippen molar-refractivity contribution in [3.05, 3.63) is 56.8 Å².